The number of carbonyl (C=O) groups is 3. The number of aromatic nitrogens is 3. The van der Waals surface area contributed by atoms with E-state index in [0.717, 1.165) is 11.1 Å². The van der Waals surface area contributed by atoms with Crippen molar-refractivity contribution in [3.63, 3.8) is 0 Å². The summed E-state index contributed by atoms with van der Waals surface area (Å²) in [5.74, 6) is -0.102. The van der Waals surface area contributed by atoms with Crippen LogP contribution in [0.4, 0.5) is 5.69 Å². The van der Waals surface area contributed by atoms with Crippen LogP contribution in [0.2, 0.25) is 0 Å². The van der Waals surface area contributed by atoms with Gasteiger partial charge < -0.3 is 9.88 Å². The van der Waals surface area contributed by atoms with Gasteiger partial charge in [-0.1, -0.05) is 54.2 Å². The molecule has 3 amide bonds. The minimum atomic E-state index is -0.351. The number of anilines is 1. The van der Waals surface area contributed by atoms with Crippen molar-refractivity contribution in [2.45, 2.75) is 32.0 Å². The summed E-state index contributed by atoms with van der Waals surface area (Å²) < 4.78 is 1.89. The van der Waals surface area contributed by atoms with Gasteiger partial charge in [0.15, 0.2) is 11.0 Å². The molecule has 0 unspecified atom stereocenters. The van der Waals surface area contributed by atoms with Crippen molar-refractivity contribution >= 4 is 35.2 Å². The van der Waals surface area contributed by atoms with Gasteiger partial charge in [-0.05, 0) is 24.6 Å². The van der Waals surface area contributed by atoms with Crippen LogP contribution in [0.5, 0.6) is 0 Å². The average Bonchev–Trinajstić information content (AvgIpc) is 3.19. The van der Waals surface area contributed by atoms with Gasteiger partial charge in [0.25, 0.3) is 0 Å². The number of hydrogen-bond acceptors (Lipinski definition) is 6. The van der Waals surface area contributed by atoms with Crippen molar-refractivity contribution in [2.75, 3.05) is 11.1 Å². The molecule has 0 aliphatic rings. The monoisotopic (exact) mass is 452 g/mol. The lowest BCUT2D eigenvalue weighted by Crippen LogP contribution is -2.43. The molecule has 9 nitrogen and oxygen atoms in total. The molecule has 1 heterocycles. The minimum absolute atomic E-state index is 0.0652. The van der Waals surface area contributed by atoms with E-state index in [0.29, 0.717) is 23.2 Å². The summed E-state index contributed by atoms with van der Waals surface area (Å²) in [6, 6.07) is 16.6. The Morgan fingerprint density at radius 2 is 1.72 bits per heavy atom. The van der Waals surface area contributed by atoms with Gasteiger partial charge in [-0.25, -0.2) is 0 Å². The first-order chi connectivity index (χ1) is 15.5. The number of benzene rings is 2. The highest BCUT2D eigenvalue weighted by Gasteiger charge is 2.15. The molecule has 0 aliphatic heterocycles. The highest BCUT2D eigenvalue weighted by Crippen LogP contribution is 2.25. The second-order valence-corrected chi connectivity index (χ2v) is 7.80. The van der Waals surface area contributed by atoms with Gasteiger partial charge >= 0.3 is 0 Å². The molecule has 3 aromatic rings. The van der Waals surface area contributed by atoms with Crippen LogP contribution >= 0.6 is 11.8 Å². The van der Waals surface area contributed by atoms with Crippen molar-refractivity contribution in [3.05, 3.63) is 60.2 Å². The van der Waals surface area contributed by atoms with Crippen LogP contribution in [0.25, 0.3) is 11.4 Å². The molecule has 166 valence electrons. The normalized spacial score (nSPS) is 10.4. The third-order valence-corrected chi connectivity index (χ3v) is 5.32. The van der Waals surface area contributed by atoms with Crippen LogP contribution in [0, 0.1) is 0 Å². The van der Waals surface area contributed by atoms with Crippen LogP contribution in [-0.2, 0) is 27.3 Å². The number of nitrogens with zero attached hydrogens (tertiary/aromatic N) is 3. The van der Waals surface area contributed by atoms with Crippen LogP contribution in [-0.4, -0.2) is 38.2 Å². The Kier molecular flexibility index (Phi) is 7.98. The molecule has 3 N–H and O–H groups in total. The van der Waals surface area contributed by atoms with Gasteiger partial charge in [0.05, 0.1) is 12.2 Å². The highest BCUT2D eigenvalue weighted by molar-refractivity contribution is 7.99. The molecule has 32 heavy (non-hydrogen) atoms. The predicted molar refractivity (Wildman–Crippen MR) is 123 cm³/mol. The summed E-state index contributed by atoms with van der Waals surface area (Å²) in [6.45, 7) is 4.01. The molecule has 0 atom stereocenters. The Morgan fingerprint density at radius 3 is 2.44 bits per heavy atom. The van der Waals surface area contributed by atoms with Crippen LogP contribution in [0.1, 0.15) is 19.4 Å². The predicted octanol–water partition coefficient (Wildman–Crippen LogP) is 2.41. The molecule has 0 saturated heterocycles. The molecule has 10 heteroatoms. The van der Waals surface area contributed by atoms with Gasteiger partial charge in [0, 0.05) is 24.7 Å². The number of carbonyl (C=O) groups excluding carboxylic acids is 3. The number of nitrogens with one attached hydrogen (secondary N) is 3. The van der Waals surface area contributed by atoms with E-state index >= 15 is 0 Å². The van der Waals surface area contributed by atoms with Crippen molar-refractivity contribution in [1.29, 1.82) is 0 Å². The summed E-state index contributed by atoms with van der Waals surface area (Å²) in [6.07, 6.45) is 0.180. The largest absolute Gasteiger partial charge is 0.326 e. The topological polar surface area (TPSA) is 118 Å². The molecule has 0 aliphatic carbocycles. The van der Waals surface area contributed by atoms with Gasteiger partial charge in [-0.15, -0.1) is 10.2 Å². The lowest BCUT2D eigenvalue weighted by Gasteiger charge is -2.09. The molecule has 0 saturated carbocycles. The van der Waals surface area contributed by atoms with E-state index in [1.54, 1.807) is 6.07 Å². The fourth-order valence-electron chi connectivity index (χ4n) is 2.96. The fraction of sp³-hybridized carbons (Fsp3) is 0.227. The van der Waals surface area contributed by atoms with E-state index in [1.807, 2.05) is 60.0 Å². The Hall–Kier alpha value is -3.66. The first-order valence-electron chi connectivity index (χ1n) is 10.0. The molecule has 0 fully saturated rings. The third kappa shape index (κ3) is 6.42. The van der Waals surface area contributed by atoms with Crippen molar-refractivity contribution < 1.29 is 14.4 Å². The van der Waals surface area contributed by atoms with Crippen LogP contribution < -0.4 is 16.2 Å². The molecule has 0 spiro atoms. The molecule has 0 bridgehead atoms. The number of amides is 3. The summed E-state index contributed by atoms with van der Waals surface area (Å²) in [5, 5.41) is 11.8. The first kappa shape index (κ1) is 23.0. The number of thioether (sulfide) groups is 1. The summed E-state index contributed by atoms with van der Waals surface area (Å²) in [7, 11) is 0. The summed E-state index contributed by atoms with van der Waals surface area (Å²) >= 11 is 1.22. The quantitative estimate of drug-likeness (QED) is 0.357. The Morgan fingerprint density at radius 1 is 0.969 bits per heavy atom. The SMILES string of the molecule is CCn1c(SCC(=O)NNC(=O)Cc2ccccc2)nnc1-c1cccc(NC(C)=O)c1. The molecular weight excluding hydrogens is 428 g/mol. The Balaban J connectivity index is 1.56. The lowest BCUT2D eigenvalue weighted by atomic mass is 10.1. The van der Waals surface area contributed by atoms with Gasteiger partial charge in [-0.2, -0.15) is 0 Å². The van der Waals surface area contributed by atoms with Gasteiger partial charge in [-0.3, -0.25) is 25.2 Å². The molecule has 2 aromatic carbocycles. The van der Waals surface area contributed by atoms with Gasteiger partial charge in [0.1, 0.15) is 0 Å². The Bertz CT molecular complexity index is 1100. The number of hydrogen-bond donors (Lipinski definition) is 3. The zero-order chi connectivity index (χ0) is 22.9. The van der Waals surface area contributed by atoms with Crippen molar-refractivity contribution in [3.8, 4) is 11.4 Å². The molecule has 0 radical (unpaired) electrons. The first-order valence-corrected chi connectivity index (χ1v) is 11.0. The van der Waals surface area contributed by atoms with E-state index in [4.69, 9.17) is 0 Å². The van der Waals surface area contributed by atoms with Crippen LogP contribution in [0.15, 0.2) is 59.8 Å². The standard InChI is InChI=1S/C22H24N6O3S/c1-3-28-21(17-10-7-11-18(13-17)23-15(2)29)26-27-22(28)32-14-20(31)25-24-19(30)12-16-8-5-4-6-9-16/h4-11,13H,3,12,14H2,1-2H3,(H,23,29)(H,24,30)(H,25,31). The maximum Gasteiger partial charge on any atom is 0.248 e. The van der Waals surface area contributed by atoms with E-state index in [9.17, 15) is 14.4 Å². The maximum atomic E-state index is 12.2. The smallest absolute Gasteiger partial charge is 0.248 e. The number of rotatable bonds is 8. The van der Waals surface area contributed by atoms with Crippen molar-refractivity contribution in [1.82, 2.24) is 25.6 Å². The molecular formula is C22H24N6O3S. The van der Waals surface area contributed by atoms with E-state index in [-0.39, 0.29) is 29.9 Å². The summed E-state index contributed by atoms with van der Waals surface area (Å²) in [5.41, 5.74) is 7.17. The number of hydrazine groups is 1. The zero-order valence-electron chi connectivity index (χ0n) is 17.8. The molecule has 3 rings (SSSR count). The minimum Gasteiger partial charge on any atom is -0.326 e. The second-order valence-electron chi connectivity index (χ2n) is 6.86. The van der Waals surface area contributed by atoms with E-state index < -0.39 is 0 Å². The maximum absolute atomic E-state index is 12.2. The molecule has 1 aromatic heterocycles. The highest BCUT2D eigenvalue weighted by atomic mass is 32.2. The van der Waals surface area contributed by atoms with Crippen LogP contribution in [0.3, 0.4) is 0 Å². The van der Waals surface area contributed by atoms with E-state index in [2.05, 4.69) is 26.4 Å². The van der Waals surface area contributed by atoms with Gasteiger partial charge in [0.2, 0.25) is 17.7 Å². The fourth-order valence-corrected chi connectivity index (χ4v) is 3.77. The summed E-state index contributed by atoms with van der Waals surface area (Å²) in [4.78, 5) is 35.4. The second kappa shape index (κ2) is 11.1. The third-order valence-electron chi connectivity index (χ3n) is 4.36. The lowest BCUT2D eigenvalue weighted by molar-refractivity contribution is -0.127. The van der Waals surface area contributed by atoms with E-state index in [1.165, 1.54) is 18.7 Å². The van der Waals surface area contributed by atoms with Crippen molar-refractivity contribution in [2.24, 2.45) is 0 Å². The Labute approximate surface area is 190 Å². The average molecular weight is 453 g/mol. The zero-order valence-corrected chi connectivity index (χ0v) is 18.6.